The van der Waals surface area contributed by atoms with Crippen molar-refractivity contribution in [1.29, 1.82) is 0 Å². The van der Waals surface area contributed by atoms with Gasteiger partial charge in [0.2, 0.25) is 6.10 Å². The molecule has 114 valence electrons. The Bertz CT molecular complexity index is 509. The highest BCUT2D eigenvalue weighted by molar-refractivity contribution is 5.82. The van der Waals surface area contributed by atoms with Crippen molar-refractivity contribution < 1.29 is 14.3 Å². The Morgan fingerprint density at radius 1 is 1.14 bits per heavy atom. The molecule has 1 saturated carbocycles. The minimum Gasteiger partial charge on any atom is -0.485 e. The van der Waals surface area contributed by atoms with E-state index in [0.29, 0.717) is 18.4 Å². The van der Waals surface area contributed by atoms with Crippen LogP contribution in [0.15, 0.2) is 24.3 Å². The van der Waals surface area contributed by atoms with Crippen LogP contribution in [-0.4, -0.2) is 36.6 Å². The molecule has 0 radical (unpaired) electrons. The largest absolute Gasteiger partial charge is 0.485 e. The molecule has 4 nitrogen and oxygen atoms in total. The number of carbonyl (C=O) groups excluding carboxylic acids is 1. The summed E-state index contributed by atoms with van der Waals surface area (Å²) in [4.78, 5) is 14.5. The van der Waals surface area contributed by atoms with E-state index < -0.39 is 6.10 Å². The zero-order chi connectivity index (χ0) is 14.8. The second-order valence-corrected chi connectivity index (χ2v) is 6.23. The first-order valence-corrected chi connectivity index (χ1v) is 7.80. The molecule has 0 bridgehead atoms. The van der Waals surface area contributed by atoms with Crippen LogP contribution in [0, 0.1) is 5.92 Å². The highest BCUT2D eigenvalue weighted by Crippen LogP contribution is 2.32. The van der Waals surface area contributed by atoms with Crippen molar-refractivity contribution in [3.63, 3.8) is 0 Å². The monoisotopic (exact) mass is 289 g/mol. The number of carbonyl (C=O) groups is 1. The lowest BCUT2D eigenvalue weighted by molar-refractivity contribution is -0.142. The Morgan fingerprint density at radius 2 is 1.81 bits per heavy atom. The van der Waals surface area contributed by atoms with Crippen LogP contribution < -0.4 is 9.47 Å². The summed E-state index contributed by atoms with van der Waals surface area (Å²) in [5, 5.41) is 0. The first kappa shape index (κ1) is 14.2. The molecule has 1 aromatic rings. The van der Waals surface area contributed by atoms with Crippen molar-refractivity contribution in [2.75, 3.05) is 13.7 Å². The third kappa shape index (κ3) is 2.99. The van der Waals surface area contributed by atoms with Gasteiger partial charge in [0.25, 0.3) is 5.91 Å². The topological polar surface area (TPSA) is 38.8 Å². The number of hydrogen-bond acceptors (Lipinski definition) is 3. The van der Waals surface area contributed by atoms with Gasteiger partial charge in [-0.3, -0.25) is 4.79 Å². The summed E-state index contributed by atoms with van der Waals surface area (Å²) in [5.74, 6) is 2.19. The maximum absolute atomic E-state index is 12.6. The number of fused-ring (bicyclic) bond motifs is 1. The van der Waals surface area contributed by atoms with E-state index in [1.165, 1.54) is 12.8 Å². The van der Waals surface area contributed by atoms with E-state index in [4.69, 9.17) is 9.47 Å². The molecule has 0 spiro atoms. The predicted octanol–water partition coefficient (Wildman–Crippen LogP) is 2.86. The van der Waals surface area contributed by atoms with Gasteiger partial charge in [-0.15, -0.1) is 0 Å². The number of likely N-dealkylation sites (N-methyl/N-ethyl adjacent to an activating group) is 1. The van der Waals surface area contributed by atoms with Gasteiger partial charge in [-0.1, -0.05) is 19.1 Å². The number of amides is 1. The van der Waals surface area contributed by atoms with E-state index >= 15 is 0 Å². The summed E-state index contributed by atoms with van der Waals surface area (Å²) >= 11 is 0. The van der Waals surface area contributed by atoms with E-state index in [0.717, 1.165) is 24.5 Å². The fourth-order valence-electron chi connectivity index (χ4n) is 3.18. The lowest BCUT2D eigenvalue weighted by Crippen LogP contribution is -2.49. The zero-order valence-electron chi connectivity index (χ0n) is 12.7. The molecular formula is C17H23NO3. The zero-order valence-corrected chi connectivity index (χ0v) is 12.7. The Kier molecular flexibility index (Phi) is 4.04. The minimum atomic E-state index is -0.524. The summed E-state index contributed by atoms with van der Waals surface area (Å²) in [6.07, 6.45) is 4.06. The summed E-state index contributed by atoms with van der Waals surface area (Å²) in [6.45, 7) is 2.58. The molecule has 1 fully saturated rings. The fraction of sp³-hybridized carbons (Fsp3) is 0.588. The van der Waals surface area contributed by atoms with Crippen molar-refractivity contribution in [3.05, 3.63) is 24.3 Å². The van der Waals surface area contributed by atoms with Gasteiger partial charge in [0, 0.05) is 13.1 Å². The molecule has 0 aromatic heterocycles. The molecule has 0 saturated heterocycles. The summed E-state index contributed by atoms with van der Waals surface area (Å²) in [6, 6.07) is 7.84. The van der Waals surface area contributed by atoms with E-state index in [-0.39, 0.29) is 5.91 Å². The first-order chi connectivity index (χ1) is 10.1. The van der Waals surface area contributed by atoms with Crippen molar-refractivity contribution in [1.82, 2.24) is 4.90 Å². The van der Waals surface area contributed by atoms with Gasteiger partial charge in [-0.05, 0) is 43.7 Å². The second kappa shape index (κ2) is 5.96. The normalized spacial score (nSPS) is 28.0. The lowest BCUT2D eigenvalue weighted by atomic mass is 9.86. The number of hydrogen-bond donors (Lipinski definition) is 0. The van der Waals surface area contributed by atoms with Gasteiger partial charge in [0.15, 0.2) is 11.5 Å². The molecule has 3 rings (SSSR count). The average Bonchev–Trinajstić information content (AvgIpc) is 2.54. The first-order valence-electron chi connectivity index (χ1n) is 7.80. The number of ether oxygens (including phenoxy) is 2. The van der Waals surface area contributed by atoms with Crippen LogP contribution >= 0.6 is 0 Å². The minimum absolute atomic E-state index is 0.0315. The number of rotatable bonds is 2. The van der Waals surface area contributed by atoms with Crippen molar-refractivity contribution in [3.8, 4) is 11.5 Å². The highest BCUT2D eigenvalue weighted by Gasteiger charge is 2.33. The average molecular weight is 289 g/mol. The quantitative estimate of drug-likeness (QED) is 0.840. The summed E-state index contributed by atoms with van der Waals surface area (Å²) in [7, 11) is 1.90. The standard InChI is InChI=1S/C17H23NO3/c1-12-7-9-13(10-8-12)18(2)17(19)16-11-20-14-5-3-4-6-15(14)21-16/h3-6,12-13,16H,7-11H2,1-2H3. The van der Waals surface area contributed by atoms with Gasteiger partial charge < -0.3 is 14.4 Å². The molecule has 2 aliphatic rings. The maximum Gasteiger partial charge on any atom is 0.267 e. The highest BCUT2D eigenvalue weighted by atomic mass is 16.6. The van der Waals surface area contributed by atoms with E-state index in [9.17, 15) is 4.79 Å². The molecule has 1 heterocycles. The molecule has 0 N–H and O–H groups in total. The van der Waals surface area contributed by atoms with Crippen molar-refractivity contribution in [2.45, 2.75) is 44.8 Å². The molecule has 1 amide bonds. The molecule has 1 aliphatic heterocycles. The van der Waals surface area contributed by atoms with Crippen LogP contribution in [0.25, 0.3) is 0 Å². The Hall–Kier alpha value is -1.71. The van der Waals surface area contributed by atoms with Crippen LogP contribution in [0.2, 0.25) is 0 Å². The molecule has 21 heavy (non-hydrogen) atoms. The Morgan fingerprint density at radius 3 is 2.52 bits per heavy atom. The molecule has 1 aromatic carbocycles. The molecule has 1 atom stereocenters. The fourth-order valence-corrected chi connectivity index (χ4v) is 3.18. The third-order valence-electron chi connectivity index (χ3n) is 4.66. The van der Waals surface area contributed by atoms with Crippen LogP contribution in [0.4, 0.5) is 0 Å². The van der Waals surface area contributed by atoms with Gasteiger partial charge in [-0.25, -0.2) is 0 Å². The predicted molar refractivity (Wildman–Crippen MR) is 80.5 cm³/mol. The van der Waals surface area contributed by atoms with E-state index in [2.05, 4.69) is 6.92 Å². The van der Waals surface area contributed by atoms with Gasteiger partial charge in [-0.2, -0.15) is 0 Å². The molecule has 1 aliphatic carbocycles. The summed E-state index contributed by atoms with van der Waals surface area (Å²) in [5.41, 5.74) is 0. The molecule has 4 heteroatoms. The smallest absolute Gasteiger partial charge is 0.267 e. The summed E-state index contributed by atoms with van der Waals surface area (Å²) < 4.78 is 11.4. The molecular weight excluding hydrogens is 266 g/mol. The maximum atomic E-state index is 12.6. The van der Waals surface area contributed by atoms with Crippen LogP contribution in [0.5, 0.6) is 11.5 Å². The van der Waals surface area contributed by atoms with Crippen LogP contribution in [-0.2, 0) is 4.79 Å². The Balaban J connectivity index is 1.63. The second-order valence-electron chi connectivity index (χ2n) is 6.23. The van der Waals surface area contributed by atoms with E-state index in [1.54, 1.807) is 0 Å². The van der Waals surface area contributed by atoms with Gasteiger partial charge in [0.05, 0.1) is 0 Å². The third-order valence-corrected chi connectivity index (χ3v) is 4.66. The van der Waals surface area contributed by atoms with Crippen molar-refractivity contribution >= 4 is 5.91 Å². The number of benzene rings is 1. The van der Waals surface area contributed by atoms with Gasteiger partial charge in [0.1, 0.15) is 6.61 Å². The number of nitrogens with zero attached hydrogens (tertiary/aromatic N) is 1. The van der Waals surface area contributed by atoms with Gasteiger partial charge >= 0.3 is 0 Å². The van der Waals surface area contributed by atoms with Crippen LogP contribution in [0.1, 0.15) is 32.6 Å². The van der Waals surface area contributed by atoms with Crippen LogP contribution in [0.3, 0.4) is 0 Å². The number of para-hydroxylation sites is 2. The van der Waals surface area contributed by atoms with Crippen molar-refractivity contribution in [2.24, 2.45) is 5.92 Å². The molecule has 1 unspecified atom stereocenters. The van der Waals surface area contributed by atoms with E-state index in [1.807, 2.05) is 36.2 Å². The lowest BCUT2D eigenvalue weighted by Gasteiger charge is -2.36. The Labute approximate surface area is 126 Å². The SMILES string of the molecule is CC1CCC(N(C)C(=O)C2COc3ccccc3O2)CC1.